The molecule has 1 fully saturated rings. The van der Waals surface area contributed by atoms with Gasteiger partial charge in [-0.15, -0.1) is 0 Å². The number of rotatable bonds is 5. The molecule has 1 aliphatic rings. The Morgan fingerprint density at radius 2 is 2.14 bits per heavy atom. The van der Waals surface area contributed by atoms with Crippen LogP contribution in [0.3, 0.4) is 0 Å². The summed E-state index contributed by atoms with van der Waals surface area (Å²) in [7, 11) is 0. The van der Waals surface area contributed by atoms with Crippen LogP contribution < -0.4 is 10.9 Å². The summed E-state index contributed by atoms with van der Waals surface area (Å²) in [6.45, 7) is 1.72. The SMILES string of the molecule is Cc1cc(=O)[nH]c(-n2nc(C3CC3)cc2NC(=O)c2cc(-c3ccco3)on2)n1. The molecule has 0 unspecified atom stereocenters. The predicted octanol–water partition coefficient (Wildman–Crippen LogP) is 2.64. The van der Waals surface area contributed by atoms with E-state index in [1.807, 2.05) is 0 Å². The minimum atomic E-state index is -0.481. The third-order valence-corrected chi connectivity index (χ3v) is 4.53. The summed E-state index contributed by atoms with van der Waals surface area (Å²) in [6.07, 6.45) is 3.58. The summed E-state index contributed by atoms with van der Waals surface area (Å²) < 4.78 is 11.9. The smallest absolute Gasteiger partial charge is 0.279 e. The van der Waals surface area contributed by atoms with Gasteiger partial charge in [0, 0.05) is 29.8 Å². The summed E-state index contributed by atoms with van der Waals surface area (Å²) in [5.74, 6) is 1.30. The van der Waals surface area contributed by atoms with E-state index in [1.165, 1.54) is 23.1 Å². The molecule has 0 saturated heterocycles. The van der Waals surface area contributed by atoms with Crippen LogP contribution in [-0.2, 0) is 0 Å². The third kappa shape index (κ3) is 3.35. The number of hydrogen-bond acceptors (Lipinski definition) is 7. The number of H-pyrrole nitrogens is 1. The first-order valence-electron chi connectivity index (χ1n) is 9.07. The fourth-order valence-electron chi connectivity index (χ4n) is 2.99. The molecule has 146 valence electrons. The van der Waals surface area contributed by atoms with Crippen molar-refractivity contribution in [2.75, 3.05) is 5.32 Å². The van der Waals surface area contributed by atoms with Crippen LogP contribution in [0.4, 0.5) is 5.82 Å². The van der Waals surface area contributed by atoms with Crippen molar-refractivity contribution in [1.29, 1.82) is 0 Å². The van der Waals surface area contributed by atoms with Gasteiger partial charge in [0.25, 0.3) is 11.5 Å². The average Bonchev–Trinajstić information content (AvgIpc) is 3.11. The Kier molecular flexibility index (Phi) is 3.90. The van der Waals surface area contributed by atoms with Gasteiger partial charge in [-0.1, -0.05) is 5.16 Å². The van der Waals surface area contributed by atoms with Gasteiger partial charge in [0.15, 0.2) is 11.5 Å². The molecule has 10 nitrogen and oxygen atoms in total. The van der Waals surface area contributed by atoms with Gasteiger partial charge in [-0.3, -0.25) is 14.6 Å². The molecule has 0 aliphatic heterocycles. The van der Waals surface area contributed by atoms with E-state index in [2.05, 4.69) is 25.5 Å². The van der Waals surface area contributed by atoms with Crippen molar-refractivity contribution in [3.8, 4) is 17.5 Å². The number of carbonyl (C=O) groups is 1. The molecule has 0 spiro atoms. The first kappa shape index (κ1) is 17.2. The highest BCUT2D eigenvalue weighted by Crippen LogP contribution is 2.40. The normalized spacial score (nSPS) is 13.6. The van der Waals surface area contributed by atoms with Crippen LogP contribution in [-0.4, -0.2) is 30.8 Å². The molecule has 4 aromatic heterocycles. The first-order valence-corrected chi connectivity index (χ1v) is 9.07. The van der Waals surface area contributed by atoms with E-state index in [9.17, 15) is 9.59 Å². The molecule has 1 amide bonds. The van der Waals surface area contributed by atoms with E-state index in [-0.39, 0.29) is 17.2 Å². The maximum Gasteiger partial charge on any atom is 0.279 e. The second-order valence-electron chi connectivity index (χ2n) is 6.86. The molecular weight excluding hydrogens is 376 g/mol. The van der Waals surface area contributed by atoms with E-state index in [1.54, 1.807) is 25.1 Å². The average molecular weight is 392 g/mol. The molecule has 1 saturated carbocycles. The number of carbonyl (C=O) groups excluding carboxylic acids is 1. The van der Waals surface area contributed by atoms with Crippen LogP contribution in [0.25, 0.3) is 17.5 Å². The van der Waals surface area contributed by atoms with Crippen LogP contribution >= 0.6 is 0 Å². The topological polar surface area (TPSA) is 132 Å². The van der Waals surface area contributed by atoms with Crippen molar-refractivity contribution >= 4 is 11.7 Å². The number of aryl methyl sites for hydroxylation is 1. The zero-order valence-corrected chi connectivity index (χ0v) is 15.4. The second-order valence-corrected chi connectivity index (χ2v) is 6.86. The monoisotopic (exact) mass is 392 g/mol. The lowest BCUT2D eigenvalue weighted by molar-refractivity contribution is 0.101. The fraction of sp³-hybridized carbons (Fsp3) is 0.211. The van der Waals surface area contributed by atoms with Crippen molar-refractivity contribution in [2.24, 2.45) is 0 Å². The van der Waals surface area contributed by atoms with E-state index >= 15 is 0 Å². The summed E-state index contributed by atoms with van der Waals surface area (Å²) in [5, 5.41) is 11.1. The molecule has 10 heteroatoms. The number of anilines is 1. The predicted molar refractivity (Wildman–Crippen MR) is 101 cm³/mol. The number of nitrogens with zero attached hydrogens (tertiary/aromatic N) is 4. The standard InChI is InChI=1S/C19H16N6O4/c1-10-7-17(26)22-19(20-10)25-16(9-12(23-25)11-4-5-11)21-18(27)13-8-15(29-24-13)14-3-2-6-28-14/h2-3,6-9,11H,4-5H2,1H3,(H,21,27)(H,20,22,26). The molecule has 5 rings (SSSR count). The summed E-state index contributed by atoms with van der Waals surface area (Å²) >= 11 is 0. The maximum atomic E-state index is 12.7. The van der Waals surface area contributed by atoms with Gasteiger partial charge >= 0.3 is 0 Å². The van der Waals surface area contributed by atoms with E-state index in [0.717, 1.165) is 18.5 Å². The second kappa shape index (κ2) is 6.59. The number of aromatic nitrogens is 5. The first-order chi connectivity index (χ1) is 14.1. The number of aromatic amines is 1. The van der Waals surface area contributed by atoms with Crippen molar-refractivity contribution in [3.63, 3.8) is 0 Å². The fourth-order valence-corrected chi connectivity index (χ4v) is 2.99. The van der Waals surface area contributed by atoms with Crippen LogP contribution in [0.1, 0.15) is 40.6 Å². The molecule has 1 aliphatic carbocycles. The quantitative estimate of drug-likeness (QED) is 0.533. The number of furan rings is 1. The van der Waals surface area contributed by atoms with Gasteiger partial charge in [-0.05, 0) is 31.9 Å². The highest BCUT2D eigenvalue weighted by atomic mass is 16.5. The Hall–Kier alpha value is -3.95. The number of hydrogen-bond donors (Lipinski definition) is 2. The molecule has 29 heavy (non-hydrogen) atoms. The molecule has 0 atom stereocenters. The Morgan fingerprint density at radius 1 is 1.28 bits per heavy atom. The lowest BCUT2D eigenvalue weighted by atomic mass is 10.3. The molecule has 2 N–H and O–H groups in total. The molecule has 4 aromatic rings. The third-order valence-electron chi connectivity index (χ3n) is 4.53. The van der Waals surface area contributed by atoms with Gasteiger partial charge in [0.05, 0.1) is 12.0 Å². The van der Waals surface area contributed by atoms with Crippen LogP contribution in [0.15, 0.2) is 50.3 Å². The Bertz CT molecular complexity index is 1250. The summed E-state index contributed by atoms with van der Waals surface area (Å²) in [6, 6.07) is 8.08. The lowest BCUT2D eigenvalue weighted by Crippen LogP contribution is -2.19. The molecule has 0 bridgehead atoms. The maximum absolute atomic E-state index is 12.7. The Labute approximate surface area is 163 Å². The van der Waals surface area contributed by atoms with Gasteiger partial charge in [0.2, 0.25) is 11.7 Å². The van der Waals surface area contributed by atoms with Crippen LogP contribution in [0.5, 0.6) is 0 Å². The van der Waals surface area contributed by atoms with Crippen molar-refractivity contribution < 1.29 is 13.7 Å². The molecule has 0 aromatic carbocycles. The Morgan fingerprint density at radius 3 is 2.86 bits per heavy atom. The largest absolute Gasteiger partial charge is 0.461 e. The van der Waals surface area contributed by atoms with Crippen molar-refractivity contribution in [3.05, 3.63) is 64.0 Å². The zero-order valence-electron chi connectivity index (χ0n) is 15.4. The zero-order chi connectivity index (χ0) is 20.0. The molecule has 4 heterocycles. The van der Waals surface area contributed by atoms with Crippen molar-refractivity contribution in [1.82, 2.24) is 24.9 Å². The highest BCUT2D eigenvalue weighted by molar-refractivity contribution is 6.02. The highest BCUT2D eigenvalue weighted by Gasteiger charge is 2.29. The summed E-state index contributed by atoms with van der Waals surface area (Å²) in [5.41, 5.74) is 1.17. The van der Waals surface area contributed by atoms with Gasteiger partial charge < -0.3 is 14.3 Å². The van der Waals surface area contributed by atoms with E-state index in [4.69, 9.17) is 8.94 Å². The molecular formula is C19H16N6O4. The number of amides is 1. The van der Waals surface area contributed by atoms with Crippen LogP contribution in [0.2, 0.25) is 0 Å². The van der Waals surface area contributed by atoms with Crippen LogP contribution in [0, 0.1) is 6.92 Å². The Balaban J connectivity index is 1.47. The van der Waals surface area contributed by atoms with Gasteiger partial charge in [0.1, 0.15) is 5.82 Å². The minimum absolute atomic E-state index is 0.0859. The minimum Gasteiger partial charge on any atom is -0.461 e. The van der Waals surface area contributed by atoms with Crippen molar-refractivity contribution in [2.45, 2.75) is 25.7 Å². The molecule has 0 radical (unpaired) electrons. The van der Waals surface area contributed by atoms with Gasteiger partial charge in [-0.25, -0.2) is 4.98 Å². The summed E-state index contributed by atoms with van der Waals surface area (Å²) in [4.78, 5) is 31.5. The number of nitrogens with one attached hydrogen (secondary N) is 2. The van der Waals surface area contributed by atoms with E-state index < -0.39 is 5.91 Å². The van der Waals surface area contributed by atoms with E-state index in [0.29, 0.717) is 29.0 Å². The lowest BCUT2D eigenvalue weighted by Gasteiger charge is -2.07. The van der Waals surface area contributed by atoms with Gasteiger partial charge in [-0.2, -0.15) is 9.78 Å².